The van der Waals surface area contributed by atoms with Gasteiger partial charge in [-0.3, -0.25) is 0 Å². The molecule has 0 rings (SSSR count). The van der Waals surface area contributed by atoms with Gasteiger partial charge in [-0.15, -0.1) is 0 Å². The average molecular weight is 108 g/mol. The van der Waals surface area contributed by atoms with Gasteiger partial charge >= 0.3 is 0 Å². The molecule has 0 saturated heterocycles. The van der Waals surface area contributed by atoms with Gasteiger partial charge in [0.2, 0.25) is 0 Å². The first-order chi connectivity index (χ1) is 3.18. The molecule has 0 aliphatic carbocycles. The zero-order valence-corrected chi connectivity index (χ0v) is 3.62. The lowest BCUT2D eigenvalue weighted by molar-refractivity contribution is 0.223. The fourth-order valence-electron chi connectivity index (χ4n) is 0.0891. The van der Waals surface area contributed by atoms with E-state index >= 15 is 0 Å². The molecular formula is C3H6F2N2. The Kier molecular flexibility index (Phi) is 2.44. The van der Waals surface area contributed by atoms with Crippen molar-refractivity contribution in [1.82, 2.24) is 0 Å². The van der Waals surface area contributed by atoms with Crippen LogP contribution in [-0.4, -0.2) is 18.7 Å². The summed E-state index contributed by atoms with van der Waals surface area (Å²) in [5.41, 5.74) is 3.96. The maximum absolute atomic E-state index is 11.1. The number of halogens is 2. The molecule has 0 aliphatic heterocycles. The van der Waals surface area contributed by atoms with Crippen molar-refractivity contribution >= 4 is 5.71 Å². The molecule has 0 aliphatic rings. The molecule has 0 radical (unpaired) electrons. The van der Waals surface area contributed by atoms with Gasteiger partial charge in [-0.2, -0.15) is 0 Å². The Morgan fingerprint density at radius 1 is 1.71 bits per heavy atom. The first kappa shape index (κ1) is 6.49. The summed E-state index contributed by atoms with van der Waals surface area (Å²) in [6.45, 7) is -0.350. The van der Waals surface area contributed by atoms with Crippen LogP contribution >= 0.6 is 0 Å². The standard InChI is InChI=1S/C3H6F2N2/c4-3(5)2(7)1-6/h3,7H,1,6H2. The predicted octanol–water partition coefficient (Wildman–Crippen LogP) is 0.230. The van der Waals surface area contributed by atoms with Crippen molar-refractivity contribution in [1.29, 1.82) is 5.41 Å². The maximum atomic E-state index is 11.1. The second-order valence-corrected chi connectivity index (χ2v) is 1.03. The van der Waals surface area contributed by atoms with E-state index in [1.54, 1.807) is 0 Å². The molecule has 0 aromatic carbocycles. The van der Waals surface area contributed by atoms with Crippen LogP contribution in [0, 0.1) is 5.41 Å². The minimum atomic E-state index is -2.68. The van der Waals surface area contributed by atoms with Gasteiger partial charge in [-0.25, -0.2) is 8.78 Å². The SMILES string of the molecule is N=C(CN)C(F)F. The summed E-state index contributed by atoms with van der Waals surface area (Å²) in [5, 5.41) is 6.32. The normalized spacial score (nSPS) is 9.71. The summed E-state index contributed by atoms with van der Waals surface area (Å²) in [4.78, 5) is 0. The van der Waals surface area contributed by atoms with Crippen molar-refractivity contribution < 1.29 is 8.78 Å². The van der Waals surface area contributed by atoms with Gasteiger partial charge in [0.15, 0.2) is 0 Å². The largest absolute Gasteiger partial charge is 0.325 e. The van der Waals surface area contributed by atoms with E-state index in [1.807, 2.05) is 0 Å². The number of alkyl halides is 2. The fraction of sp³-hybridized carbons (Fsp3) is 0.667. The maximum Gasteiger partial charge on any atom is 0.277 e. The van der Waals surface area contributed by atoms with Crippen LogP contribution in [0.3, 0.4) is 0 Å². The monoisotopic (exact) mass is 108 g/mol. The van der Waals surface area contributed by atoms with Gasteiger partial charge in [0.25, 0.3) is 6.43 Å². The van der Waals surface area contributed by atoms with Gasteiger partial charge in [-0.1, -0.05) is 0 Å². The molecule has 7 heavy (non-hydrogen) atoms. The second kappa shape index (κ2) is 2.63. The molecule has 4 heteroatoms. The van der Waals surface area contributed by atoms with Gasteiger partial charge in [-0.05, 0) is 0 Å². The van der Waals surface area contributed by atoms with Crippen molar-refractivity contribution in [3.05, 3.63) is 0 Å². The minimum absolute atomic E-state index is 0.350. The molecule has 0 unspecified atom stereocenters. The number of rotatable bonds is 2. The molecule has 0 spiro atoms. The highest BCUT2D eigenvalue weighted by atomic mass is 19.3. The Morgan fingerprint density at radius 2 is 2.14 bits per heavy atom. The van der Waals surface area contributed by atoms with Gasteiger partial charge in [0.05, 0.1) is 5.71 Å². The molecular weight excluding hydrogens is 102 g/mol. The van der Waals surface area contributed by atoms with E-state index in [-0.39, 0.29) is 6.54 Å². The Balaban J connectivity index is 3.35. The van der Waals surface area contributed by atoms with Crippen molar-refractivity contribution in [2.24, 2.45) is 5.73 Å². The molecule has 0 atom stereocenters. The molecule has 0 aromatic rings. The molecule has 0 heterocycles. The van der Waals surface area contributed by atoms with Crippen LogP contribution in [0.15, 0.2) is 0 Å². The number of nitrogens with one attached hydrogen (secondary N) is 1. The summed E-state index contributed by atoms with van der Waals surface area (Å²) in [7, 11) is 0. The molecule has 0 amide bonds. The first-order valence-corrected chi connectivity index (χ1v) is 1.74. The lowest BCUT2D eigenvalue weighted by Gasteiger charge is -1.93. The second-order valence-electron chi connectivity index (χ2n) is 1.03. The van der Waals surface area contributed by atoms with Crippen molar-refractivity contribution in [3.8, 4) is 0 Å². The highest BCUT2D eigenvalue weighted by molar-refractivity contribution is 5.85. The molecule has 0 aromatic heterocycles. The average Bonchev–Trinajstić information content (AvgIpc) is 1.65. The van der Waals surface area contributed by atoms with Crippen LogP contribution in [0.5, 0.6) is 0 Å². The zero-order valence-electron chi connectivity index (χ0n) is 3.62. The minimum Gasteiger partial charge on any atom is -0.325 e. The van der Waals surface area contributed by atoms with E-state index in [4.69, 9.17) is 5.41 Å². The number of hydrogen-bond acceptors (Lipinski definition) is 2. The third-order valence-corrected chi connectivity index (χ3v) is 0.483. The first-order valence-electron chi connectivity index (χ1n) is 1.74. The Hall–Kier alpha value is -0.510. The summed E-state index contributed by atoms with van der Waals surface area (Å²) in [6, 6.07) is 0. The molecule has 2 nitrogen and oxygen atoms in total. The predicted molar refractivity (Wildman–Crippen MR) is 22.8 cm³/mol. The van der Waals surface area contributed by atoms with Crippen LogP contribution in [0.4, 0.5) is 8.78 Å². The van der Waals surface area contributed by atoms with Crippen LogP contribution in [0.25, 0.3) is 0 Å². The van der Waals surface area contributed by atoms with Gasteiger partial charge in [0, 0.05) is 6.54 Å². The summed E-state index contributed by atoms with van der Waals surface area (Å²) in [5.74, 6) is 0. The Morgan fingerprint density at radius 3 is 2.14 bits per heavy atom. The zero-order chi connectivity index (χ0) is 5.86. The molecule has 42 valence electrons. The van der Waals surface area contributed by atoms with E-state index < -0.39 is 12.1 Å². The topological polar surface area (TPSA) is 49.9 Å². The lowest BCUT2D eigenvalue weighted by Crippen LogP contribution is -2.19. The summed E-state index contributed by atoms with van der Waals surface area (Å²) in [6.07, 6.45) is -2.68. The van der Waals surface area contributed by atoms with E-state index in [2.05, 4.69) is 5.73 Å². The van der Waals surface area contributed by atoms with Crippen LogP contribution < -0.4 is 5.73 Å². The van der Waals surface area contributed by atoms with Crippen LogP contribution in [-0.2, 0) is 0 Å². The highest BCUT2D eigenvalue weighted by Crippen LogP contribution is 1.90. The molecule has 0 fully saturated rings. The molecule has 0 saturated carbocycles. The highest BCUT2D eigenvalue weighted by Gasteiger charge is 2.05. The number of nitrogens with two attached hydrogens (primary N) is 1. The fourth-order valence-corrected chi connectivity index (χ4v) is 0.0891. The van der Waals surface area contributed by atoms with E-state index in [0.717, 1.165) is 0 Å². The van der Waals surface area contributed by atoms with Crippen LogP contribution in [0.1, 0.15) is 0 Å². The summed E-state index contributed by atoms with van der Waals surface area (Å²) >= 11 is 0. The quantitative estimate of drug-likeness (QED) is 0.489. The molecule has 3 N–H and O–H groups in total. The third kappa shape index (κ3) is 2.22. The van der Waals surface area contributed by atoms with Gasteiger partial charge in [0.1, 0.15) is 0 Å². The van der Waals surface area contributed by atoms with E-state index in [1.165, 1.54) is 0 Å². The lowest BCUT2D eigenvalue weighted by atomic mass is 10.4. The van der Waals surface area contributed by atoms with Crippen molar-refractivity contribution in [2.45, 2.75) is 6.43 Å². The van der Waals surface area contributed by atoms with Gasteiger partial charge < -0.3 is 11.1 Å². The Bertz CT molecular complexity index is 71.3. The van der Waals surface area contributed by atoms with Crippen molar-refractivity contribution in [3.63, 3.8) is 0 Å². The smallest absolute Gasteiger partial charge is 0.277 e. The summed E-state index contributed by atoms with van der Waals surface area (Å²) < 4.78 is 22.2. The number of hydrogen-bond donors (Lipinski definition) is 2. The van der Waals surface area contributed by atoms with E-state index in [9.17, 15) is 8.78 Å². The van der Waals surface area contributed by atoms with Crippen molar-refractivity contribution in [2.75, 3.05) is 6.54 Å². The third-order valence-electron chi connectivity index (χ3n) is 0.483. The molecule has 0 bridgehead atoms. The Labute approximate surface area is 39.8 Å². The van der Waals surface area contributed by atoms with E-state index in [0.29, 0.717) is 0 Å². The van der Waals surface area contributed by atoms with Crippen LogP contribution in [0.2, 0.25) is 0 Å².